The third kappa shape index (κ3) is 2.08. The van der Waals surface area contributed by atoms with Crippen LogP contribution >= 0.6 is 0 Å². The van der Waals surface area contributed by atoms with Gasteiger partial charge >= 0.3 is 0 Å². The summed E-state index contributed by atoms with van der Waals surface area (Å²) >= 11 is 0. The van der Waals surface area contributed by atoms with E-state index in [1.54, 1.807) is 6.26 Å². The SMILES string of the molecule is NCC1(Cc2ccoc2)CCc2ccccc2C1. The highest BCUT2D eigenvalue weighted by Gasteiger charge is 2.33. The minimum absolute atomic E-state index is 0.207. The predicted octanol–water partition coefficient (Wildman–Crippen LogP) is 2.96. The minimum Gasteiger partial charge on any atom is -0.472 e. The van der Waals surface area contributed by atoms with Crippen LogP contribution in [0.3, 0.4) is 0 Å². The van der Waals surface area contributed by atoms with Gasteiger partial charge in [-0.15, -0.1) is 0 Å². The Morgan fingerprint density at radius 2 is 2.00 bits per heavy atom. The molecule has 0 radical (unpaired) electrons. The van der Waals surface area contributed by atoms with Crippen LogP contribution in [0, 0.1) is 5.41 Å². The van der Waals surface area contributed by atoms with Crippen LogP contribution in [0.5, 0.6) is 0 Å². The molecule has 1 unspecified atom stereocenters. The third-order valence-corrected chi connectivity index (χ3v) is 4.20. The molecule has 0 spiro atoms. The van der Waals surface area contributed by atoms with Crippen molar-refractivity contribution in [2.75, 3.05) is 6.54 Å². The number of aryl methyl sites for hydroxylation is 1. The van der Waals surface area contributed by atoms with Gasteiger partial charge < -0.3 is 10.2 Å². The van der Waals surface area contributed by atoms with Crippen LogP contribution < -0.4 is 5.73 Å². The number of rotatable bonds is 3. The fraction of sp³-hybridized carbons (Fsp3) is 0.375. The fourth-order valence-electron chi connectivity index (χ4n) is 3.09. The van der Waals surface area contributed by atoms with E-state index < -0.39 is 0 Å². The van der Waals surface area contributed by atoms with Crippen molar-refractivity contribution in [3.05, 3.63) is 59.5 Å². The molecule has 0 saturated carbocycles. The van der Waals surface area contributed by atoms with Crippen LogP contribution in [0.2, 0.25) is 0 Å². The van der Waals surface area contributed by atoms with Gasteiger partial charge in [0.25, 0.3) is 0 Å². The fourth-order valence-corrected chi connectivity index (χ4v) is 3.09. The summed E-state index contributed by atoms with van der Waals surface area (Å²) in [5, 5.41) is 0. The topological polar surface area (TPSA) is 39.2 Å². The Hall–Kier alpha value is -1.54. The number of hydrogen-bond acceptors (Lipinski definition) is 2. The van der Waals surface area contributed by atoms with Crippen molar-refractivity contribution < 1.29 is 4.42 Å². The predicted molar refractivity (Wildman–Crippen MR) is 72.4 cm³/mol. The van der Waals surface area contributed by atoms with Crippen LogP contribution in [-0.2, 0) is 19.3 Å². The Morgan fingerprint density at radius 3 is 2.72 bits per heavy atom. The summed E-state index contributed by atoms with van der Waals surface area (Å²) in [4.78, 5) is 0. The molecule has 0 aliphatic heterocycles. The maximum absolute atomic E-state index is 6.08. The number of nitrogens with two attached hydrogens (primary N) is 1. The van der Waals surface area contributed by atoms with E-state index in [-0.39, 0.29) is 5.41 Å². The second-order valence-electron chi connectivity index (χ2n) is 5.46. The number of hydrogen-bond donors (Lipinski definition) is 1. The van der Waals surface area contributed by atoms with Gasteiger partial charge in [0.15, 0.2) is 0 Å². The Balaban J connectivity index is 1.86. The molecule has 1 heterocycles. The first-order chi connectivity index (χ1) is 8.81. The van der Waals surface area contributed by atoms with E-state index in [1.165, 1.54) is 23.1 Å². The Morgan fingerprint density at radius 1 is 1.17 bits per heavy atom. The summed E-state index contributed by atoms with van der Waals surface area (Å²) in [5.74, 6) is 0. The zero-order valence-electron chi connectivity index (χ0n) is 10.6. The van der Waals surface area contributed by atoms with Gasteiger partial charge in [-0.25, -0.2) is 0 Å². The molecule has 1 aromatic carbocycles. The lowest BCUT2D eigenvalue weighted by Crippen LogP contribution is -2.38. The van der Waals surface area contributed by atoms with Crippen LogP contribution in [0.15, 0.2) is 47.3 Å². The van der Waals surface area contributed by atoms with Crippen molar-refractivity contribution >= 4 is 0 Å². The van der Waals surface area contributed by atoms with Gasteiger partial charge in [-0.05, 0) is 60.4 Å². The molecule has 0 fully saturated rings. The van der Waals surface area contributed by atoms with Crippen molar-refractivity contribution in [1.29, 1.82) is 0 Å². The highest BCUT2D eigenvalue weighted by molar-refractivity contribution is 5.31. The van der Waals surface area contributed by atoms with Crippen LogP contribution in [0.1, 0.15) is 23.1 Å². The summed E-state index contributed by atoms with van der Waals surface area (Å²) < 4.78 is 5.17. The van der Waals surface area contributed by atoms with E-state index in [0.717, 1.165) is 25.8 Å². The van der Waals surface area contributed by atoms with Gasteiger partial charge in [-0.3, -0.25) is 0 Å². The average Bonchev–Trinajstić information content (AvgIpc) is 2.91. The minimum atomic E-state index is 0.207. The maximum atomic E-state index is 6.08. The smallest absolute Gasteiger partial charge is 0.0934 e. The summed E-state index contributed by atoms with van der Waals surface area (Å²) in [6.45, 7) is 0.743. The molecule has 3 rings (SSSR count). The van der Waals surface area contributed by atoms with E-state index in [9.17, 15) is 0 Å². The summed E-state index contributed by atoms with van der Waals surface area (Å²) in [7, 11) is 0. The Kier molecular flexibility index (Phi) is 2.96. The van der Waals surface area contributed by atoms with Crippen molar-refractivity contribution in [3.8, 4) is 0 Å². The zero-order chi connectivity index (χ0) is 12.4. The molecule has 2 aromatic rings. The molecule has 0 bridgehead atoms. The van der Waals surface area contributed by atoms with Crippen molar-refractivity contribution in [2.24, 2.45) is 11.1 Å². The molecule has 2 heteroatoms. The molecule has 94 valence electrons. The van der Waals surface area contributed by atoms with Crippen molar-refractivity contribution in [2.45, 2.75) is 25.7 Å². The van der Waals surface area contributed by atoms with E-state index in [0.29, 0.717) is 0 Å². The first-order valence-corrected chi connectivity index (χ1v) is 6.59. The van der Waals surface area contributed by atoms with Gasteiger partial charge in [0.2, 0.25) is 0 Å². The average molecular weight is 241 g/mol. The summed E-state index contributed by atoms with van der Waals surface area (Å²) in [6.07, 6.45) is 8.02. The highest BCUT2D eigenvalue weighted by Crippen LogP contribution is 2.37. The quantitative estimate of drug-likeness (QED) is 0.897. The molecule has 18 heavy (non-hydrogen) atoms. The van der Waals surface area contributed by atoms with Crippen molar-refractivity contribution in [1.82, 2.24) is 0 Å². The van der Waals surface area contributed by atoms with E-state index in [4.69, 9.17) is 10.2 Å². The Labute approximate surface area is 108 Å². The monoisotopic (exact) mass is 241 g/mol. The lowest BCUT2D eigenvalue weighted by molar-refractivity contribution is 0.253. The lowest BCUT2D eigenvalue weighted by Gasteiger charge is -2.37. The second kappa shape index (κ2) is 4.62. The first kappa shape index (κ1) is 11.5. The van der Waals surface area contributed by atoms with Gasteiger partial charge in [0.1, 0.15) is 0 Å². The van der Waals surface area contributed by atoms with Gasteiger partial charge in [0.05, 0.1) is 12.5 Å². The van der Waals surface area contributed by atoms with Crippen LogP contribution in [0.4, 0.5) is 0 Å². The molecule has 2 N–H and O–H groups in total. The molecular weight excluding hydrogens is 222 g/mol. The number of furan rings is 1. The molecule has 2 nitrogen and oxygen atoms in total. The van der Waals surface area contributed by atoms with Gasteiger partial charge in [0, 0.05) is 0 Å². The highest BCUT2D eigenvalue weighted by atomic mass is 16.3. The van der Waals surface area contributed by atoms with E-state index >= 15 is 0 Å². The third-order valence-electron chi connectivity index (χ3n) is 4.20. The molecule has 1 atom stereocenters. The number of fused-ring (bicyclic) bond motifs is 1. The zero-order valence-corrected chi connectivity index (χ0v) is 10.6. The lowest BCUT2D eigenvalue weighted by atomic mass is 9.68. The second-order valence-corrected chi connectivity index (χ2v) is 5.46. The van der Waals surface area contributed by atoms with Crippen LogP contribution in [-0.4, -0.2) is 6.54 Å². The molecule has 1 aromatic heterocycles. The standard InChI is InChI=1S/C16H19NO/c17-12-16(9-13-6-8-18-11-13)7-5-14-3-1-2-4-15(14)10-16/h1-4,6,8,11H,5,7,9-10,12,17H2. The summed E-state index contributed by atoms with van der Waals surface area (Å²) in [5.41, 5.74) is 10.5. The van der Waals surface area contributed by atoms with Crippen LogP contribution in [0.25, 0.3) is 0 Å². The molecule has 0 amide bonds. The van der Waals surface area contributed by atoms with Gasteiger partial charge in [-0.1, -0.05) is 24.3 Å². The molecule has 0 saturated heterocycles. The normalized spacial score (nSPS) is 22.7. The molecule has 1 aliphatic carbocycles. The Bertz CT molecular complexity index is 518. The van der Waals surface area contributed by atoms with E-state index in [2.05, 4.69) is 30.3 Å². The first-order valence-electron chi connectivity index (χ1n) is 6.59. The summed E-state index contributed by atoms with van der Waals surface area (Å²) in [6, 6.07) is 10.8. The number of benzene rings is 1. The molecule has 1 aliphatic rings. The van der Waals surface area contributed by atoms with Crippen molar-refractivity contribution in [3.63, 3.8) is 0 Å². The van der Waals surface area contributed by atoms with E-state index in [1.807, 2.05) is 6.26 Å². The molecular formula is C16H19NO. The van der Waals surface area contributed by atoms with Gasteiger partial charge in [-0.2, -0.15) is 0 Å². The maximum Gasteiger partial charge on any atom is 0.0934 e. The largest absolute Gasteiger partial charge is 0.472 e.